The normalized spacial score (nSPS) is 14.5. The summed E-state index contributed by atoms with van der Waals surface area (Å²) in [5, 5.41) is 3.33. The number of rotatable bonds is 10. The first kappa shape index (κ1) is 27.3. The fraction of sp³-hybridized carbons (Fsp3) is 0.480. The number of aliphatic imine (C=N–C) groups is 1. The molecule has 0 bridgehead atoms. The van der Waals surface area contributed by atoms with E-state index >= 15 is 0 Å². The maximum Gasteiger partial charge on any atom is 0.194 e. The van der Waals surface area contributed by atoms with E-state index in [1.165, 1.54) is 12.1 Å². The van der Waals surface area contributed by atoms with Gasteiger partial charge in [-0.1, -0.05) is 24.3 Å². The maximum absolute atomic E-state index is 13.0. The molecular formula is C25H35FIN3O3. The Morgan fingerprint density at radius 3 is 2.61 bits per heavy atom. The molecule has 1 fully saturated rings. The average Bonchev–Trinajstić information content (AvgIpc) is 2.82. The minimum atomic E-state index is -0.268. The van der Waals surface area contributed by atoms with Gasteiger partial charge in [-0.05, 0) is 55.2 Å². The topological polar surface area (TPSA) is 55.3 Å². The first-order chi connectivity index (χ1) is 15.6. The molecule has 0 unspecified atom stereocenters. The van der Waals surface area contributed by atoms with Gasteiger partial charge in [-0.15, -0.1) is 24.0 Å². The number of hydrogen-bond donors (Lipinski definition) is 1. The van der Waals surface area contributed by atoms with Gasteiger partial charge in [0, 0.05) is 26.8 Å². The van der Waals surface area contributed by atoms with Crippen LogP contribution >= 0.6 is 24.0 Å². The van der Waals surface area contributed by atoms with Crippen molar-refractivity contribution in [2.75, 3.05) is 40.0 Å². The highest BCUT2D eigenvalue weighted by Gasteiger charge is 2.14. The van der Waals surface area contributed by atoms with Crippen molar-refractivity contribution in [2.45, 2.75) is 39.0 Å². The molecule has 182 valence electrons. The van der Waals surface area contributed by atoms with E-state index in [4.69, 9.17) is 19.2 Å². The van der Waals surface area contributed by atoms with Crippen molar-refractivity contribution in [3.63, 3.8) is 0 Å². The second kappa shape index (κ2) is 15.1. The molecule has 1 aliphatic rings. The van der Waals surface area contributed by atoms with E-state index < -0.39 is 0 Å². The molecule has 0 atom stereocenters. The highest BCUT2D eigenvalue weighted by molar-refractivity contribution is 14.0. The number of nitrogens with one attached hydrogen (secondary N) is 1. The summed E-state index contributed by atoms with van der Waals surface area (Å²) in [4.78, 5) is 6.81. The second-order valence-corrected chi connectivity index (χ2v) is 7.84. The van der Waals surface area contributed by atoms with Gasteiger partial charge >= 0.3 is 0 Å². The number of guanidine groups is 1. The zero-order chi connectivity index (χ0) is 22.6. The molecule has 33 heavy (non-hydrogen) atoms. The van der Waals surface area contributed by atoms with Gasteiger partial charge in [-0.2, -0.15) is 0 Å². The van der Waals surface area contributed by atoms with Crippen molar-refractivity contribution < 1.29 is 18.6 Å². The molecule has 2 aromatic rings. The summed E-state index contributed by atoms with van der Waals surface area (Å²) in [5.41, 5.74) is 2.31. The molecule has 0 amide bonds. The Bertz CT molecular complexity index is 845. The van der Waals surface area contributed by atoms with Gasteiger partial charge in [-0.3, -0.25) is 0 Å². The molecule has 1 N–H and O–H groups in total. The third-order valence-electron chi connectivity index (χ3n) is 5.26. The number of halogens is 2. The number of benzene rings is 2. The van der Waals surface area contributed by atoms with Crippen molar-refractivity contribution >= 4 is 29.9 Å². The van der Waals surface area contributed by atoms with E-state index in [9.17, 15) is 4.39 Å². The van der Waals surface area contributed by atoms with Crippen molar-refractivity contribution in [1.29, 1.82) is 0 Å². The van der Waals surface area contributed by atoms with Gasteiger partial charge in [0.1, 0.15) is 18.2 Å². The first-order valence-electron chi connectivity index (χ1n) is 11.3. The molecule has 6 nitrogen and oxygen atoms in total. The summed E-state index contributed by atoms with van der Waals surface area (Å²) in [6.45, 7) is 6.73. The van der Waals surface area contributed by atoms with Gasteiger partial charge in [0.05, 0.1) is 25.8 Å². The van der Waals surface area contributed by atoms with Gasteiger partial charge in [0.15, 0.2) is 5.96 Å². The summed E-state index contributed by atoms with van der Waals surface area (Å²) in [6, 6.07) is 14.4. The summed E-state index contributed by atoms with van der Waals surface area (Å²) >= 11 is 0. The van der Waals surface area contributed by atoms with Crippen LogP contribution in [0.3, 0.4) is 0 Å². The summed E-state index contributed by atoms with van der Waals surface area (Å²) in [7, 11) is 1.98. The molecule has 8 heteroatoms. The SMILES string of the molecule is CCNC(=NCc1cccc(COC2CCOCC2)c1)N(C)CCOc1ccc(F)cc1.I. The average molecular weight is 571 g/mol. The zero-order valence-electron chi connectivity index (χ0n) is 19.5. The number of nitrogens with zero attached hydrogens (tertiary/aromatic N) is 2. The van der Waals surface area contributed by atoms with Crippen LogP contribution in [-0.2, 0) is 22.6 Å². The van der Waals surface area contributed by atoms with Crippen LogP contribution < -0.4 is 10.1 Å². The van der Waals surface area contributed by atoms with Gasteiger partial charge in [-0.25, -0.2) is 9.38 Å². The quantitative estimate of drug-likeness (QED) is 0.257. The fourth-order valence-corrected chi connectivity index (χ4v) is 3.45. The summed E-state index contributed by atoms with van der Waals surface area (Å²) < 4.78 is 30.1. The van der Waals surface area contributed by atoms with Crippen LogP contribution in [0.15, 0.2) is 53.5 Å². The van der Waals surface area contributed by atoms with Crippen LogP contribution in [0, 0.1) is 5.82 Å². The third-order valence-corrected chi connectivity index (χ3v) is 5.26. The molecule has 1 heterocycles. The highest BCUT2D eigenvalue weighted by atomic mass is 127. The van der Waals surface area contributed by atoms with Gasteiger partial charge in [0.25, 0.3) is 0 Å². The van der Waals surface area contributed by atoms with Gasteiger partial charge < -0.3 is 24.4 Å². The minimum absolute atomic E-state index is 0. The molecule has 1 saturated heterocycles. The number of hydrogen-bond acceptors (Lipinski definition) is 4. The fourth-order valence-electron chi connectivity index (χ4n) is 3.45. The Hall–Kier alpha value is -1.91. The zero-order valence-corrected chi connectivity index (χ0v) is 21.8. The smallest absolute Gasteiger partial charge is 0.194 e. The van der Waals surface area contributed by atoms with Crippen molar-refractivity contribution in [2.24, 2.45) is 4.99 Å². The minimum Gasteiger partial charge on any atom is -0.492 e. The molecule has 0 spiro atoms. The predicted molar refractivity (Wildman–Crippen MR) is 140 cm³/mol. The molecule has 3 rings (SSSR count). The van der Waals surface area contributed by atoms with Crippen LogP contribution in [0.25, 0.3) is 0 Å². The Morgan fingerprint density at radius 1 is 1.15 bits per heavy atom. The Balaban J connectivity index is 0.00000385. The summed E-state index contributed by atoms with van der Waals surface area (Å²) in [5.74, 6) is 1.20. The third kappa shape index (κ3) is 9.85. The molecule has 0 aliphatic carbocycles. The highest BCUT2D eigenvalue weighted by Crippen LogP contribution is 2.15. The van der Waals surface area contributed by atoms with E-state index in [2.05, 4.69) is 29.6 Å². The summed E-state index contributed by atoms with van der Waals surface area (Å²) in [6.07, 6.45) is 2.22. The van der Waals surface area contributed by atoms with E-state index in [-0.39, 0.29) is 35.9 Å². The van der Waals surface area contributed by atoms with Crippen molar-refractivity contribution in [3.05, 3.63) is 65.5 Å². The van der Waals surface area contributed by atoms with Crippen LogP contribution in [-0.4, -0.2) is 56.9 Å². The van der Waals surface area contributed by atoms with E-state index in [0.29, 0.717) is 32.1 Å². The second-order valence-electron chi connectivity index (χ2n) is 7.84. The van der Waals surface area contributed by atoms with Crippen LogP contribution in [0.4, 0.5) is 4.39 Å². The predicted octanol–water partition coefficient (Wildman–Crippen LogP) is 4.62. The lowest BCUT2D eigenvalue weighted by atomic mass is 10.1. The van der Waals surface area contributed by atoms with E-state index in [1.54, 1.807) is 12.1 Å². The lowest BCUT2D eigenvalue weighted by Gasteiger charge is -2.22. The van der Waals surface area contributed by atoms with Gasteiger partial charge in [0.2, 0.25) is 0 Å². The molecule has 1 aliphatic heterocycles. The molecular weight excluding hydrogens is 536 g/mol. The van der Waals surface area contributed by atoms with E-state index in [1.807, 2.05) is 18.9 Å². The number of ether oxygens (including phenoxy) is 3. The van der Waals surface area contributed by atoms with Crippen LogP contribution in [0.5, 0.6) is 5.75 Å². The van der Waals surface area contributed by atoms with E-state index in [0.717, 1.165) is 49.7 Å². The Morgan fingerprint density at radius 2 is 1.88 bits per heavy atom. The number of likely N-dealkylation sites (N-methyl/N-ethyl adjacent to an activating group) is 1. The monoisotopic (exact) mass is 571 g/mol. The Labute approximate surface area is 213 Å². The van der Waals surface area contributed by atoms with Crippen LogP contribution in [0.1, 0.15) is 30.9 Å². The lowest BCUT2D eigenvalue weighted by molar-refractivity contribution is -0.0390. The Kier molecular flexibility index (Phi) is 12.5. The molecule has 2 aromatic carbocycles. The first-order valence-corrected chi connectivity index (χ1v) is 11.3. The maximum atomic E-state index is 13.0. The van der Waals surface area contributed by atoms with Crippen LogP contribution in [0.2, 0.25) is 0 Å². The molecule has 0 radical (unpaired) electrons. The standard InChI is InChI=1S/C25H34FN3O3.HI/c1-3-27-25(29(2)13-16-31-23-9-7-22(26)8-10-23)28-18-20-5-4-6-21(17-20)19-32-24-11-14-30-15-12-24;/h4-10,17,24H,3,11-16,18-19H2,1-2H3,(H,27,28);1H. The molecule has 0 saturated carbocycles. The largest absolute Gasteiger partial charge is 0.492 e. The lowest BCUT2D eigenvalue weighted by Crippen LogP contribution is -2.40. The van der Waals surface area contributed by atoms with Crippen molar-refractivity contribution in [3.8, 4) is 5.75 Å². The van der Waals surface area contributed by atoms with Crippen molar-refractivity contribution in [1.82, 2.24) is 10.2 Å². The molecule has 0 aromatic heterocycles.